The monoisotopic (exact) mass is 397 g/mol. The van der Waals surface area contributed by atoms with Crippen molar-refractivity contribution in [2.45, 2.75) is 20.8 Å². The molecule has 8 heteroatoms. The lowest BCUT2D eigenvalue weighted by molar-refractivity contribution is -0.123. The van der Waals surface area contributed by atoms with Gasteiger partial charge in [0, 0.05) is 11.3 Å². The second-order valence-electron chi connectivity index (χ2n) is 7.06. The lowest BCUT2D eigenvalue weighted by atomic mass is 9.95. The van der Waals surface area contributed by atoms with Gasteiger partial charge in [-0.2, -0.15) is 15.0 Å². The van der Waals surface area contributed by atoms with Crippen molar-refractivity contribution >= 4 is 34.2 Å². The third kappa shape index (κ3) is 3.39. The lowest BCUT2D eigenvalue weighted by Gasteiger charge is -2.21. The Kier molecular flexibility index (Phi) is 5.25. The maximum atomic E-state index is 12.6. The molecule has 0 radical (unpaired) electrons. The summed E-state index contributed by atoms with van der Waals surface area (Å²) in [6, 6.07) is 9.58. The Bertz CT molecular complexity index is 1100. The number of aryl methyl sites for hydroxylation is 1. The number of fused-ring (bicyclic) bond motifs is 1. The Morgan fingerprint density at radius 1 is 1.43 bits per heavy atom. The van der Waals surface area contributed by atoms with Crippen LogP contribution in [0.5, 0.6) is 5.75 Å². The molecular formula is C20H20ClN5O2. The second kappa shape index (κ2) is 7.49. The summed E-state index contributed by atoms with van der Waals surface area (Å²) in [5, 5.41) is 17.4. The Morgan fingerprint density at radius 2 is 2.18 bits per heavy atom. The molecule has 3 aromatic rings. The highest BCUT2D eigenvalue weighted by atomic mass is 35.5. The first-order valence-electron chi connectivity index (χ1n) is 8.62. The fourth-order valence-electron chi connectivity index (χ4n) is 2.71. The number of rotatable bonds is 5. The molecule has 1 aromatic carbocycles. The molecule has 1 N–H and O–H groups in total. The number of halogens is 1. The zero-order valence-corrected chi connectivity index (χ0v) is 16.8. The van der Waals surface area contributed by atoms with Crippen LogP contribution >= 0.6 is 11.6 Å². The number of aromatic nitrogens is 3. The van der Waals surface area contributed by atoms with Crippen LogP contribution in [-0.4, -0.2) is 33.7 Å². The first-order chi connectivity index (χ1) is 13.3. The molecule has 0 atom stereocenters. The number of benzene rings is 1. The van der Waals surface area contributed by atoms with Gasteiger partial charge in [0.25, 0.3) is 0 Å². The number of hydrogen-bond donors (Lipinski definition) is 1. The number of methoxy groups -OCH3 is 1. The molecule has 0 aliphatic heterocycles. The van der Waals surface area contributed by atoms with Gasteiger partial charge in [-0.1, -0.05) is 12.1 Å². The molecule has 28 heavy (non-hydrogen) atoms. The summed E-state index contributed by atoms with van der Waals surface area (Å²) in [5.41, 5.74) is 1.07. The van der Waals surface area contributed by atoms with Crippen molar-refractivity contribution in [1.82, 2.24) is 14.8 Å². The molecule has 1 amide bonds. The maximum Gasteiger partial charge on any atom is 0.232 e. The fraction of sp³-hybridized carbons (Fsp3) is 0.300. The van der Waals surface area contributed by atoms with Gasteiger partial charge in [0.2, 0.25) is 5.91 Å². The van der Waals surface area contributed by atoms with E-state index in [4.69, 9.17) is 16.3 Å². The minimum absolute atomic E-state index is 0.138. The van der Waals surface area contributed by atoms with Crippen molar-refractivity contribution in [2.75, 3.05) is 18.3 Å². The number of amides is 1. The van der Waals surface area contributed by atoms with Gasteiger partial charge in [0.05, 0.1) is 18.7 Å². The normalized spacial score (nSPS) is 11.3. The van der Waals surface area contributed by atoms with Gasteiger partial charge in [-0.25, -0.2) is 4.98 Å². The predicted molar refractivity (Wildman–Crippen MR) is 108 cm³/mol. The molecule has 0 fully saturated rings. The number of alkyl halides is 1. The van der Waals surface area contributed by atoms with Crippen molar-refractivity contribution in [2.24, 2.45) is 5.41 Å². The van der Waals surface area contributed by atoms with Gasteiger partial charge in [0.15, 0.2) is 11.6 Å². The topological polar surface area (TPSA) is 92.8 Å². The van der Waals surface area contributed by atoms with E-state index in [0.29, 0.717) is 17.1 Å². The van der Waals surface area contributed by atoms with Gasteiger partial charge < -0.3 is 10.1 Å². The Balaban J connectivity index is 2.16. The molecule has 144 valence electrons. The van der Waals surface area contributed by atoms with Gasteiger partial charge in [-0.3, -0.25) is 4.79 Å². The highest BCUT2D eigenvalue weighted by Gasteiger charge is 2.29. The molecule has 0 saturated heterocycles. The van der Waals surface area contributed by atoms with Crippen LogP contribution in [0.4, 0.5) is 5.82 Å². The molecule has 3 rings (SSSR count). The number of carbonyl (C=O) groups is 1. The van der Waals surface area contributed by atoms with Crippen LogP contribution in [0.2, 0.25) is 0 Å². The lowest BCUT2D eigenvalue weighted by Crippen LogP contribution is -2.33. The van der Waals surface area contributed by atoms with E-state index in [2.05, 4.69) is 21.5 Å². The summed E-state index contributed by atoms with van der Waals surface area (Å²) in [4.78, 5) is 17.3. The molecule has 0 aliphatic carbocycles. The summed E-state index contributed by atoms with van der Waals surface area (Å²) in [7, 11) is 1.58. The summed E-state index contributed by atoms with van der Waals surface area (Å²) < 4.78 is 6.87. The van der Waals surface area contributed by atoms with Crippen LogP contribution in [0.25, 0.3) is 16.7 Å². The smallest absolute Gasteiger partial charge is 0.232 e. The fourth-order valence-corrected chi connectivity index (χ4v) is 2.83. The third-order valence-electron chi connectivity index (χ3n) is 4.50. The molecule has 0 saturated carbocycles. The molecule has 7 nitrogen and oxygen atoms in total. The molecule has 0 spiro atoms. The Labute approximate surface area is 167 Å². The number of nitrogens with one attached hydrogen (secondary N) is 1. The molecular weight excluding hydrogens is 378 g/mol. The number of pyridine rings is 1. The van der Waals surface area contributed by atoms with Crippen LogP contribution in [-0.2, 0) is 4.79 Å². The predicted octanol–water partition coefficient (Wildman–Crippen LogP) is 3.81. The van der Waals surface area contributed by atoms with E-state index in [1.807, 2.05) is 31.2 Å². The minimum Gasteiger partial charge on any atom is -0.494 e. The van der Waals surface area contributed by atoms with Crippen molar-refractivity contribution in [3.8, 4) is 17.6 Å². The number of hydrogen-bond acceptors (Lipinski definition) is 5. The number of nitriles is 1. The SMILES string of the molecule is COc1cccc2c(C)cc(-n3ncc(C#N)c3NC(=O)C(C)(C)CCl)nc12. The first-order valence-corrected chi connectivity index (χ1v) is 9.16. The van der Waals surface area contributed by atoms with Gasteiger partial charge in [0.1, 0.15) is 22.9 Å². The van der Waals surface area contributed by atoms with Gasteiger partial charge in [-0.05, 0) is 38.5 Å². The minimum atomic E-state index is -0.806. The van der Waals surface area contributed by atoms with Gasteiger partial charge in [-0.15, -0.1) is 11.6 Å². The third-order valence-corrected chi connectivity index (χ3v) is 5.17. The Hall–Kier alpha value is -3.11. The van der Waals surface area contributed by atoms with E-state index >= 15 is 0 Å². The number of para-hydroxylation sites is 1. The molecule has 0 unspecified atom stereocenters. The standard InChI is InChI=1S/C20H20ClN5O2/c1-12-8-16(24-17-14(12)6-5-7-15(17)28-4)26-18(13(9-22)10-23-26)25-19(27)20(2,3)11-21/h5-8,10H,11H2,1-4H3,(H,25,27). The number of nitrogens with zero attached hydrogens (tertiary/aromatic N) is 4. The highest BCUT2D eigenvalue weighted by Crippen LogP contribution is 2.29. The van der Waals surface area contributed by atoms with Crippen LogP contribution in [0.1, 0.15) is 25.0 Å². The van der Waals surface area contributed by atoms with Crippen LogP contribution in [0.3, 0.4) is 0 Å². The van der Waals surface area contributed by atoms with E-state index < -0.39 is 5.41 Å². The van der Waals surface area contributed by atoms with E-state index in [9.17, 15) is 10.1 Å². The van der Waals surface area contributed by atoms with E-state index in [1.54, 1.807) is 21.0 Å². The maximum absolute atomic E-state index is 12.6. The van der Waals surface area contributed by atoms with Crippen molar-refractivity contribution in [1.29, 1.82) is 5.26 Å². The molecule has 2 aromatic heterocycles. The number of anilines is 1. The average molecular weight is 398 g/mol. The molecule has 2 heterocycles. The quantitative estimate of drug-likeness (QED) is 0.661. The second-order valence-corrected chi connectivity index (χ2v) is 7.32. The summed E-state index contributed by atoms with van der Waals surface area (Å²) >= 11 is 5.90. The summed E-state index contributed by atoms with van der Waals surface area (Å²) in [6.45, 7) is 5.41. The molecule has 0 bridgehead atoms. The van der Waals surface area contributed by atoms with Crippen LogP contribution in [0.15, 0.2) is 30.5 Å². The summed E-state index contributed by atoms with van der Waals surface area (Å²) in [5.74, 6) is 1.18. The van der Waals surface area contributed by atoms with E-state index in [1.165, 1.54) is 10.9 Å². The van der Waals surface area contributed by atoms with Crippen LogP contribution in [0, 0.1) is 23.7 Å². The van der Waals surface area contributed by atoms with Gasteiger partial charge >= 0.3 is 0 Å². The number of carbonyl (C=O) groups excluding carboxylic acids is 1. The number of ether oxygens (including phenoxy) is 1. The van der Waals surface area contributed by atoms with Crippen molar-refractivity contribution in [3.05, 3.63) is 41.6 Å². The average Bonchev–Trinajstić information content (AvgIpc) is 3.09. The van der Waals surface area contributed by atoms with Crippen molar-refractivity contribution in [3.63, 3.8) is 0 Å². The van der Waals surface area contributed by atoms with Crippen LogP contribution < -0.4 is 10.1 Å². The molecule has 0 aliphatic rings. The van der Waals surface area contributed by atoms with Crippen molar-refractivity contribution < 1.29 is 9.53 Å². The zero-order valence-electron chi connectivity index (χ0n) is 16.1. The Morgan fingerprint density at radius 3 is 2.82 bits per heavy atom. The largest absolute Gasteiger partial charge is 0.494 e. The van der Waals surface area contributed by atoms with E-state index in [-0.39, 0.29) is 23.2 Å². The first kappa shape index (κ1) is 19.6. The van der Waals surface area contributed by atoms with E-state index in [0.717, 1.165) is 10.9 Å². The zero-order chi connectivity index (χ0) is 20.5. The summed E-state index contributed by atoms with van der Waals surface area (Å²) in [6.07, 6.45) is 1.40. The highest BCUT2D eigenvalue weighted by molar-refractivity contribution is 6.20.